The van der Waals surface area contributed by atoms with Crippen LogP contribution in [0.2, 0.25) is 0 Å². The number of aromatic nitrogens is 1. The van der Waals surface area contributed by atoms with Crippen molar-refractivity contribution in [3.8, 4) is 5.75 Å². The van der Waals surface area contributed by atoms with E-state index in [0.717, 1.165) is 30.4 Å². The molecule has 47 heavy (non-hydrogen) atoms. The molecule has 2 unspecified atom stereocenters. The van der Waals surface area contributed by atoms with E-state index in [2.05, 4.69) is 10.2 Å². The molecular weight excluding hydrogens is 606 g/mol. The Bertz CT molecular complexity index is 1940. The third kappa shape index (κ3) is 6.35. The van der Waals surface area contributed by atoms with Crippen LogP contribution in [0.15, 0.2) is 47.3 Å². The fourth-order valence-corrected chi connectivity index (χ4v) is 6.62. The molecule has 0 spiro atoms. The van der Waals surface area contributed by atoms with E-state index in [1.54, 1.807) is 19.9 Å². The van der Waals surface area contributed by atoms with Crippen LogP contribution in [0.4, 0.5) is 5.69 Å². The summed E-state index contributed by atoms with van der Waals surface area (Å²) in [7, 11) is 1.84. The van der Waals surface area contributed by atoms with Gasteiger partial charge >= 0.3 is 17.9 Å². The Balaban J connectivity index is 1.57. The van der Waals surface area contributed by atoms with Crippen molar-refractivity contribution >= 4 is 56.2 Å². The first-order chi connectivity index (χ1) is 22.4. The van der Waals surface area contributed by atoms with Crippen LogP contribution in [0.1, 0.15) is 45.3 Å². The lowest BCUT2D eigenvalue weighted by Crippen LogP contribution is -2.52. The van der Waals surface area contributed by atoms with Gasteiger partial charge in [-0.05, 0) is 36.8 Å². The smallest absolute Gasteiger partial charge is 0.306 e. The van der Waals surface area contributed by atoms with Gasteiger partial charge in [0.1, 0.15) is 11.4 Å². The third-order valence-electron chi connectivity index (χ3n) is 8.89. The first kappa shape index (κ1) is 32.3. The molecule has 12 heteroatoms. The molecule has 6 rings (SSSR count). The highest BCUT2D eigenvalue weighted by Crippen LogP contribution is 2.48. The van der Waals surface area contributed by atoms with Crippen LogP contribution in [0.3, 0.4) is 0 Å². The van der Waals surface area contributed by atoms with E-state index in [1.165, 1.54) is 6.92 Å². The Kier molecular flexibility index (Phi) is 8.82. The van der Waals surface area contributed by atoms with E-state index in [9.17, 15) is 19.2 Å². The number of morpholine rings is 1. The highest BCUT2D eigenvalue weighted by atomic mass is 16.6. The summed E-state index contributed by atoms with van der Waals surface area (Å²) in [6, 6.07) is 13.4. The van der Waals surface area contributed by atoms with Crippen molar-refractivity contribution < 1.29 is 38.4 Å². The largest absolute Gasteiger partial charge is 0.483 e. The molecule has 2 aliphatic rings. The molecule has 12 nitrogen and oxygen atoms in total. The zero-order valence-corrected chi connectivity index (χ0v) is 27.0. The van der Waals surface area contributed by atoms with E-state index >= 15 is 0 Å². The van der Waals surface area contributed by atoms with E-state index in [-0.39, 0.29) is 11.8 Å². The number of nitrogens with zero attached hydrogens (tertiary/aromatic N) is 2. The number of rotatable bonds is 9. The third-order valence-corrected chi connectivity index (χ3v) is 8.89. The van der Waals surface area contributed by atoms with E-state index in [4.69, 9.17) is 24.1 Å². The summed E-state index contributed by atoms with van der Waals surface area (Å²) in [6.45, 7) is 8.95. The number of hydrogen-bond acceptors (Lipinski definition) is 10. The number of aryl methyl sites for hydroxylation is 1. The molecule has 4 aromatic rings. The minimum Gasteiger partial charge on any atom is -0.483 e. The summed E-state index contributed by atoms with van der Waals surface area (Å²) in [5.41, 5.74) is 0.678. The van der Waals surface area contributed by atoms with Crippen molar-refractivity contribution in [1.29, 1.82) is 0 Å². The number of carbonyl (C=O) groups excluding carboxylic acids is 2. The molecule has 3 aromatic carbocycles. The standard InChI is InChI=1S/C35H39N3O9/c1-20(39)45-33-30-26(47-35(2,3)34(33)46-28(42)10-9-27(40)41)19-24(36-11-12-38-13-15-44-16-14-38)29-31(30)37(4)25-18-22-8-6-5-7-21(22)17-23(25)32(29)43/h5-8,17-19,33-34,36H,9-16H2,1-4H3,(H,40,41). The molecule has 0 bridgehead atoms. The van der Waals surface area contributed by atoms with Crippen LogP contribution in [-0.4, -0.2) is 83.6 Å². The average Bonchev–Trinajstić information content (AvgIpc) is 3.03. The van der Waals surface area contributed by atoms with Crippen LogP contribution in [0.5, 0.6) is 5.75 Å². The van der Waals surface area contributed by atoms with Gasteiger partial charge in [0.2, 0.25) is 0 Å². The zero-order chi connectivity index (χ0) is 33.5. The van der Waals surface area contributed by atoms with Crippen LogP contribution in [-0.2, 0) is 35.6 Å². The zero-order valence-electron chi connectivity index (χ0n) is 27.0. The van der Waals surface area contributed by atoms with Crippen molar-refractivity contribution in [2.75, 3.05) is 44.7 Å². The number of benzene rings is 3. The number of nitrogens with one attached hydrogen (secondary N) is 1. The Hall–Kier alpha value is -4.68. The number of hydrogen-bond donors (Lipinski definition) is 2. The van der Waals surface area contributed by atoms with Crippen molar-refractivity contribution in [1.82, 2.24) is 9.47 Å². The number of anilines is 1. The van der Waals surface area contributed by atoms with Gasteiger partial charge < -0.3 is 33.9 Å². The van der Waals surface area contributed by atoms with Gasteiger partial charge in [-0.15, -0.1) is 0 Å². The number of esters is 2. The number of carboxylic acids is 1. The highest BCUT2D eigenvalue weighted by molar-refractivity contribution is 6.06. The van der Waals surface area contributed by atoms with E-state index in [1.807, 2.05) is 48.0 Å². The van der Waals surface area contributed by atoms with Crippen molar-refractivity contribution in [3.05, 3.63) is 58.3 Å². The molecule has 0 radical (unpaired) electrons. The lowest BCUT2D eigenvalue weighted by Gasteiger charge is -2.44. The van der Waals surface area contributed by atoms with Crippen molar-refractivity contribution in [3.63, 3.8) is 0 Å². The summed E-state index contributed by atoms with van der Waals surface area (Å²) in [6.07, 6.45) is -3.09. The molecule has 2 N–H and O–H groups in total. The number of fused-ring (bicyclic) bond motifs is 5. The highest BCUT2D eigenvalue weighted by Gasteiger charge is 2.50. The fraction of sp³-hybridized carbons (Fsp3) is 0.429. The molecule has 3 heterocycles. The average molecular weight is 646 g/mol. The summed E-state index contributed by atoms with van der Waals surface area (Å²) in [5.74, 6) is -2.17. The minimum absolute atomic E-state index is 0.211. The predicted octanol–water partition coefficient (Wildman–Crippen LogP) is 4.14. The van der Waals surface area contributed by atoms with Crippen molar-refractivity contribution in [2.24, 2.45) is 7.05 Å². The topological polar surface area (TPSA) is 146 Å². The lowest BCUT2D eigenvalue weighted by molar-refractivity contribution is -0.189. The van der Waals surface area contributed by atoms with Gasteiger partial charge in [-0.3, -0.25) is 24.1 Å². The molecule has 0 aliphatic carbocycles. The summed E-state index contributed by atoms with van der Waals surface area (Å²) in [5, 5.41) is 15.4. The number of pyridine rings is 1. The summed E-state index contributed by atoms with van der Waals surface area (Å²) >= 11 is 0. The quantitative estimate of drug-likeness (QED) is 0.200. The Morgan fingerprint density at radius 3 is 2.43 bits per heavy atom. The van der Waals surface area contributed by atoms with Gasteiger partial charge in [0.05, 0.1) is 53.7 Å². The number of carboxylic acid groups (broad SMARTS) is 1. The fourth-order valence-electron chi connectivity index (χ4n) is 6.62. The van der Waals surface area contributed by atoms with Gasteiger partial charge in [-0.1, -0.05) is 24.3 Å². The molecule has 0 amide bonds. The first-order valence-electron chi connectivity index (χ1n) is 15.8. The summed E-state index contributed by atoms with van der Waals surface area (Å²) in [4.78, 5) is 53.5. The van der Waals surface area contributed by atoms with Gasteiger partial charge in [0.25, 0.3) is 0 Å². The number of aliphatic carboxylic acids is 1. The van der Waals surface area contributed by atoms with Crippen LogP contribution in [0.25, 0.3) is 32.6 Å². The Morgan fingerprint density at radius 1 is 1.04 bits per heavy atom. The molecule has 248 valence electrons. The SMILES string of the molecule is CC(=O)OC1c2c(cc(NCCN3CCOCC3)c3c(=O)c4cc5ccccc5cc4n(C)c23)OC(C)(C)C1OC(=O)CCC(=O)O. The Labute approximate surface area is 271 Å². The maximum absolute atomic E-state index is 14.6. The van der Waals surface area contributed by atoms with E-state index < -0.39 is 42.1 Å². The van der Waals surface area contributed by atoms with Crippen LogP contribution >= 0.6 is 0 Å². The second-order valence-electron chi connectivity index (χ2n) is 12.6. The Morgan fingerprint density at radius 2 is 1.74 bits per heavy atom. The van der Waals surface area contributed by atoms with Gasteiger partial charge in [0, 0.05) is 51.6 Å². The lowest BCUT2D eigenvalue weighted by atomic mass is 9.86. The number of carbonyl (C=O) groups is 3. The molecule has 1 aromatic heterocycles. The normalized spacial score (nSPS) is 19.2. The maximum atomic E-state index is 14.6. The molecular formula is C35H39N3O9. The number of ether oxygens (including phenoxy) is 4. The van der Waals surface area contributed by atoms with Crippen LogP contribution in [0, 0.1) is 0 Å². The molecule has 2 atom stereocenters. The molecule has 2 aliphatic heterocycles. The second-order valence-corrected chi connectivity index (χ2v) is 12.6. The molecule has 1 fully saturated rings. The molecule has 1 saturated heterocycles. The van der Waals surface area contributed by atoms with E-state index in [0.29, 0.717) is 58.6 Å². The van der Waals surface area contributed by atoms with Gasteiger partial charge in [-0.2, -0.15) is 0 Å². The summed E-state index contributed by atoms with van der Waals surface area (Å²) < 4.78 is 25.6. The minimum atomic E-state index is -1.20. The monoisotopic (exact) mass is 645 g/mol. The second kappa shape index (κ2) is 12.8. The molecule has 0 saturated carbocycles. The first-order valence-corrected chi connectivity index (χ1v) is 15.8. The maximum Gasteiger partial charge on any atom is 0.306 e. The van der Waals surface area contributed by atoms with Gasteiger partial charge in [-0.25, -0.2) is 0 Å². The van der Waals surface area contributed by atoms with Crippen molar-refractivity contribution in [2.45, 2.75) is 51.4 Å². The van der Waals surface area contributed by atoms with Crippen LogP contribution < -0.4 is 15.5 Å². The van der Waals surface area contributed by atoms with Gasteiger partial charge in [0.15, 0.2) is 17.6 Å². The predicted molar refractivity (Wildman–Crippen MR) is 176 cm³/mol.